The summed E-state index contributed by atoms with van der Waals surface area (Å²) in [5, 5.41) is 3.02. The minimum atomic E-state index is 0.159. The van der Waals surface area contributed by atoms with Crippen LogP contribution >= 0.6 is 11.8 Å². The molecule has 0 aliphatic carbocycles. The van der Waals surface area contributed by atoms with Crippen LogP contribution < -0.4 is 5.32 Å². The highest BCUT2D eigenvalue weighted by atomic mass is 32.2. The van der Waals surface area contributed by atoms with E-state index < -0.39 is 0 Å². The number of piperidine rings is 2. The third-order valence-corrected chi connectivity index (χ3v) is 6.35. The van der Waals surface area contributed by atoms with E-state index in [0.29, 0.717) is 12.3 Å². The summed E-state index contributed by atoms with van der Waals surface area (Å²) >= 11 is 1.82. The molecule has 2 aliphatic heterocycles. The molecule has 3 rings (SSSR count). The van der Waals surface area contributed by atoms with Gasteiger partial charge in [0.2, 0.25) is 5.91 Å². The predicted octanol–water partition coefficient (Wildman–Crippen LogP) is 2.74. The number of hydrogen-bond donors (Lipinski definition) is 1. The van der Waals surface area contributed by atoms with Crippen LogP contribution in [0.4, 0.5) is 0 Å². The molecular weight excluding hydrogens is 318 g/mol. The van der Waals surface area contributed by atoms with E-state index in [1.54, 1.807) is 6.20 Å². The lowest BCUT2D eigenvalue weighted by molar-refractivity contribution is -0.118. The number of carbonyl (C=O) groups is 1. The molecule has 0 aromatic carbocycles. The Morgan fingerprint density at radius 3 is 3.04 bits per heavy atom. The van der Waals surface area contributed by atoms with Gasteiger partial charge in [0.05, 0.1) is 5.75 Å². The highest BCUT2D eigenvalue weighted by Gasteiger charge is 2.32. The zero-order valence-electron chi connectivity index (χ0n) is 14.5. The molecule has 1 aromatic heterocycles. The highest BCUT2D eigenvalue weighted by Crippen LogP contribution is 2.32. The van der Waals surface area contributed by atoms with Gasteiger partial charge < -0.3 is 10.2 Å². The minimum absolute atomic E-state index is 0.159. The van der Waals surface area contributed by atoms with Crippen LogP contribution in [-0.4, -0.2) is 53.0 Å². The van der Waals surface area contributed by atoms with Crippen LogP contribution in [0.1, 0.15) is 37.8 Å². The van der Waals surface area contributed by atoms with E-state index >= 15 is 0 Å². The van der Waals surface area contributed by atoms with E-state index in [1.165, 1.54) is 45.2 Å². The van der Waals surface area contributed by atoms with Crippen LogP contribution in [0.5, 0.6) is 0 Å². The molecule has 2 saturated heterocycles. The molecule has 0 bridgehead atoms. The van der Waals surface area contributed by atoms with Gasteiger partial charge in [-0.25, -0.2) is 0 Å². The molecule has 5 heteroatoms. The predicted molar refractivity (Wildman–Crippen MR) is 100 cm³/mol. The first-order chi connectivity index (χ1) is 11.8. The number of rotatable bonds is 7. The molecule has 2 atom stereocenters. The van der Waals surface area contributed by atoms with E-state index in [1.807, 2.05) is 30.0 Å². The molecule has 0 unspecified atom stereocenters. The second-order valence-electron chi connectivity index (χ2n) is 6.94. The van der Waals surface area contributed by atoms with Crippen LogP contribution in [0.3, 0.4) is 0 Å². The number of nitrogens with zero attached hydrogens (tertiary/aromatic N) is 2. The molecule has 1 aromatic rings. The summed E-state index contributed by atoms with van der Waals surface area (Å²) in [4.78, 5) is 19.0. The van der Waals surface area contributed by atoms with Crippen molar-refractivity contribution in [2.75, 3.05) is 31.1 Å². The lowest BCUT2D eigenvalue weighted by atomic mass is 9.85. The minimum Gasteiger partial charge on any atom is -0.355 e. The van der Waals surface area contributed by atoms with Crippen molar-refractivity contribution in [3.63, 3.8) is 0 Å². The lowest BCUT2D eigenvalue weighted by Gasteiger charge is -2.44. The summed E-state index contributed by atoms with van der Waals surface area (Å²) in [6, 6.07) is 6.68. The molecule has 0 spiro atoms. The van der Waals surface area contributed by atoms with Gasteiger partial charge in [0.25, 0.3) is 0 Å². The Labute approximate surface area is 149 Å². The fourth-order valence-corrected chi connectivity index (χ4v) is 5.10. The normalized spacial score (nSPS) is 24.3. The van der Waals surface area contributed by atoms with Crippen molar-refractivity contribution < 1.29 is 4.79 Å². The zero-order chi connectivity index (χ0) is 16.6. The number of amides is 1. The average molecular weight is 348 g/mol. The molecule has 1 N–H and O–H groups in total. The highest BCUT2D eigenvalue weighted by molar-refractivity contribution is 7.99. The Morgan fingerprint density at radius 1 is 1.25 bits per heavy atom. The van der Waals surface area contributed by atoms with Gasteiger partial charge in [0.15, 0.2) is 0 Å². The molecule has 2 aliphatic rings. The van der Waals surface area contributed by atoms with E-state index in [-0.39, 0.29) is 5.91 Å². The summed E-state index contributed by atoms with van der Waals surface area (Å²) in [5.41, 5.74) is 1.03. The number of carbonyl (C=O) groups excluding carboxylic acids is 1. The lowest BCUT2D eigenvalue weighted by Crippen LogP contribution is -2.48. The summed E-state index contributed by atoms with van der Waals surface area (Å²) in [6.07, 6.45) is 9.39. The smallest absolute Gasteiger partial charge is 0.230 e. The Morgan fingerprint density at radius 2 is 2.17 bits per heavy atom. The number of hydrogen-bond acceptors (Lipinski definition) is 4. The van der Waals surface area contributed by atoms with Crippen molar-refractivity contribution in [1.82, 2.24) is 15.2 Å². The molecule has 3 heterocycles. The number of nitrogens with one attached hydrogen (secondary N) is 1. The van der Waals surface area contributed by atoms with Crippen molar-refractivity contribution in [3.05, 3.63) is 30.1 Å². The Bertz CT molecular complexity index is 509. The second kappa shape index (κ2) is 9.42. The molecule has 0 radical (unpaired) electrons. The van der Waals surface area contributed by atoms with Gasteiger partial charge in [-0.05, 0) is 62.6 Å². The molecule has 2 fully saturated rings. The van der Waals surface area contributed by atoms with E-state index in [4.69, 9.17) is 0 Å². The zero-order valence-corrected chi connectivity index (χ0v) is 15.3. The van der Waals surface area contributed by atoms with Gasteiger partial charge in [-0.15, -0.1) is 0 Å². The standard InChI is InChI=1S/C19H29N3OS/c23-19(21-11-9-17-7-1-3-10-20-17)15-24-14-16-6-5-13-22-12-4-2-8-18(16)22/h1,3,7,10,16,18H,2,4-6,8-9,11-15H2,(H,21,23)/t16-,18+/m1/s1. The van der Waals surface area contributed by atoms with Crippen LogP contribution in [-0.2, 0) is 11.2 Å². The van der Waals surface area contributed by atoms with Crippen molar-refractivity contribution >= 4 is 17.7 Å². The largest absolute Gasteiger partial charge is 0.355 e. The molecule has 0 saturated carbocycles. The molecular formula is C19H29N3OS. The van der Waals surface area contributed by atoms with Crippen molar-refractivity contribution in [2.24, 2.45) is 5.92 Å². The summed E-state index contributed by atoms with van der Waals surface area (Å²) in [6.45, 7) is 3.26. The first-order valence-electron chi connectivity index (χ1n) is 9.31. The third-order valence-electron chi connectivity index (χ3n) is 5.22. The van der Waals surface area contributed by atoms with Crippen LogP contribution in [0.25, 0.3) is 0 Å². The van der Waals surface area contributed by atoms with Gasteiger partial charge in [-0.2, -0.15) is 11.8 Å². The van der Waals surface area contributed by atoms with Crippen LogP contribution in [0.15, 0.2) is 24.4 Å². The Hall–Kier alpha value is -1.07. The van der Waals surface area contributed by atoms with E-state index in [2.05, 4.69) is 15.2 Å². The maximum atomic E-state index is 12.0. The van der Waals surface area contributed by atoms with E-state index in [0.717, 1.165) is 29.8 Å². The molecule has 132 valence electrons. The van der Waals surface area contributed by atoms with Crippen LogP contribution in [0.2, 0.25) is 0 Å². The fraction of sp³-hybridized carbons (Fsp3) is 0.684. The quantitative estimate of drug-likeness (QED) is 0.824. The maximum absolute atomic E-state index is 12.0. The van der Waals surface area contributed by atoms with Crippen molar-refractivity contribution in [2.45, 2.75) is 44.6 Å². The van der Waals surface area contributed by atoms with Gasteiger partial charge in [0, 0.05) is 30.9 Å². The van der Waals surface area contributed by atoms with Crippen LogP contribution in [0, 0.1) is 5.92 Å². The first-order valence-corrected chi connectivity index (χ1v) is 10.5. The Kier molecular flexibility index (Phi) is 6.97. The number of pyridine rings is 1. The van der Waals surface area contributed by atoms with Gasteiger partial charge >= 0.3 is 0 Å². The first kappa shape index (κ1) is 17.7. The number of aromatic nitrogens is 1. The summed E-state index contributed by atoms with van der Waals surface area (Å²) in [7, 11) is 0. The number of thioether (sulfide) groups is 1. The van der Waals surface area contributed by atoms with E-state index in [9.17, 15) is 4.79 Å². The monoisotopic (exact) mass is 347 g/mol. The Balaban J connectivity index is 1.31. The molecule has 4 nitrogen and oxygen atoms in total. The SMILES string of the molecule is O=C(CSC[C@H]1CCCN2CCCC[C@@H]12)NCCc1ccccn1. The topological polar surface area (TPSA) is 45.2 Å². The van der Waals surface area contributed by atoms with Gasteiger partial charge in [-0.1, -0.05) is 12.5 Å². The summed E-state index contributed by atoms with van der Waals surface area (Å²) in [5.74, 6) is 2.66. The number of fused-ring (bicyclic) bond motifs is 1. The molecule has 1 amide bonds. The fourth-order valence-electron chi connectivity index (χ4n) is 4.00. The second-order valence-corrected chi connectivity index (χ2v) is 7.97. The average Bonchev–Trinajstić information content (AvgIpc) is 2.63. The third kappa shape index (κ3) is 5.21. The van der Waals surface area contributed by atoms with Gasteiger partial charge in [0.1, 0.15) is 0 Å². The summed E-state index contributed by atoms with van der Waals surface area (Å²) < 4.78 is 0. The molecule has 24 heavy (non-hydrogen) atoms. The van der Waals surface area contributed by atoms with Crippen molar-refractivity contribution in [1.29, 1.82) is 0 Å². The van der Waals surface area contributed by atoms with Gasteiger partial charge in [-0.3, -0.25) is 9.78 Å². The van der Waals surface area contributed by atoms with Crippen molar-refractivity contribution in [3.8, 4) is 0 Å². The maximum Gasteiger partial charge on any atom is 0.230 e.